The van der Waals surface area contributed by atoms with Gasteiger partial charge in [0.1, 0.15) is 0 Å². The van der Waals surface area contributed by atoms with Gasteiger partial charge >= 0.3 is 0 Å². The zero-order chi connectivity index (χ0) is 8.81. The van der Waals surface area contributed by atoms with Crippen molar-refractivity contribution in [1.29, 1.82) is 0 Å². The molecular weight excluding hydrogens is 184 g/mol. The van der Waals surface area contributed by atoms with Crippen LogP contribution in [-0.2, 0) is 11.5 Å². The predicted octanol–water partition coefficient (Wildman–Crippen LogP) is 3.41. The Balaban J connectivity index is 2.67. The van der Waals surface area contributed by atoms with Gasteiger partial charge in [-0.15, -0.1) is 0 Å². The van der Waals surface area contributed by atoms with Gasteiger partial charge < -0.3 is 0 Å². The van der Waals surface area contributed by atoms with Crippen molar-refractivity contribution in [3.05, 3.63) is 35.4 Å². The standard InChI is InChI=1S/C10H14S2/c1-11-7-9-4-3-5-10(6-9)8-12-2/h3-6H,7-8H2,1-2H3. The van der Waals surface area contributed by atoms with Gasteiger partial charge in [0.15, 0.2) is 0 Å². The van der Waals surface area contributed by atoms with E-state index < -0.39 is 0 Å². The van der Waals surface area contributed by atoms with Gasteiger partial charge in [-0.1, -0.05) is 24.3 Å². The lowest BCUT2D eigenvalue weighted by Gasteiger charge is -2.01. The van der Waals surface area contributed by atoms with E-state index in [2.05, 4.69) is 36.8 Å². The first-order valence-corrected chi connectivity index (χ1v) is 6.71. The smallest absolute Gasteiger partial charge is 0.0181 e. The molecule has 0 radical (unpaired) electrons. The van der Waals surface area contributed by atoms with E-state index in [0.29, 0.717) is 0 Å². The minimum absolute atomic E-state index is 1.13. The van der Waals surface area contributed by atoms with Crippen LogP contribution < -0.4 is 0 Å². The Morgan fingerprint density at radius 2 is 1.50 bits per heavy atom. The molecule has 0 aliphatic carbocycles. The van der Waals surface area contributed by atoms with Gasteiger partial charge in [0.05, 0.1) is 0 Å². The van der Waals surface area contributed by atoms with Gasteiger partial charge in [0.25, 0.3) is 0 Å². The van der Waals surface area contributed by atoms with Crippen molar-refractivity contribution in [3.8, 4) is 0 Å². The van der Waals surface area contributed by atoms with Crippen molar-refractivity contribution in [2.24, 2.45) is 0 Å². The Morgan fingerprint density at radius 1 is 1.00 bits per heavy atom. The van der Waals surface area contributed by atoms with Crippen LogP contribution >= 0.6 is 23.5 Å². The summed E-state index contributed by atoms with van der Waals surface area (Å²) in [7, 11) is 0. The monoisotopic (exact) mass is 198 g/mol. The highest BCUT2D eigenvalue weighted by molar-refractivity contribution is 7.98. The molecule has 2 heteroatoms. The predicted molar refractivity (Wildman–Crippen MR) is 60.9 cm³/mol. The summed E-state index contributed by atoms with van der Waals surface area (Å²) in [6.45, 7) is 0. The molecule has 0 amide bonds. The molecule has 0 aromatic heterocycles. The molecule has 0 fully saturated rings. The summed E-state index contributed by atoms with van der Waals surface area (Å²) in [5.41, 5.74) is 2.88. The van der Waals surface area contributed by atoms with Gasteiger partial charge in [-0.2, -0.15) is 23.5 Å². The molecule has 0 heterocycles. The Labute approximate surface area is 83.1 Å². The van der Waals surface area contributed by atoms with E-state index in [1.54, 1.807) is 0 Å². The highest BCUT2D eigenvalue weighted by Crippen LogP contribution is 2.14. The minimum Gasteiger partial charge on any atom is -0.161 e. The Kier molecular flexibility index (Phi) is 4.62. The van der Waals surface area contributed by atoms with E-state index in [0.717, 1.165) is 11.5 Å². The van der Waals surface area contributed by atoms with Crippen LogP contribution in [-0.4, -0.2) is 12.5 Å². The van der Waals surface area contributed by atoms with Crippen LogP contribution in [0.3, 0.4) is 0 Å². The number of benzene rings is 1. The fraction of sp³-hybridized carbons (Fsp3) is 0.400. The van der Waals surface area contributed by atoms with Crippen molar-refractivity contribution in [2.45, 2.75) is 11.5 Å². The zero-order valence-electron chi connectivity index (χ0n) is 7.54. The number of rotatable bonds is 4. The Bertz CT molecular complexity index is 212. The topological polar surface area (TPSA) is 0 Å². The molecule has 0 aliphatic rings. The maximum atomic E-state index is 2.30. The Hall–Kier alpha value is -0.0800. The molecular formula is C10H14S2. The first kappa shape index (κ1) is 10.0. The van der Waals surface area contributed by atoms with Gasteiger partial charge in [0.2, 0.25) is 0 Å². The lowest BCUT2D eigenvalue weighted by molar-refractivity contribution is 1.33. The molecule has 0 nitrogen and oxygen atoms in total. The third kappa shape index (κ3) is 3.11. The average molecular weight is 198 g/mol. The molecule has 66 valence electrons. The van der Waals surface area contributed by atoms with Crippen LogP contribution in [0.15, 0.2) is 24.3 Å². The van der Waals surface area contributed by atoms with Crippen molar-refractivity contribution >= 4 is 23.5 Å². The molecule has 0 aliphatic heterocycles. The van der Waals surface area contributed by atoms with Crippen molar-refractivity contribution in [2.75, 3.05) is 12.5 Å². The SMILES string of the molecule is CSCc1cccc(CSC)c1. The van der Waals surface area contributed by atoms with Crippen molar-refractivity contribution in [1.82, 2.24) is 0 Å². The van der Waals surface area contributed by atoms with Crippen LogP contribution in [0.25, 0.3) is 0 Å². The fourth-order valence-corrected chi connectivity index (χ4v) is 2.17. The minimum atomic E-state index is 1.13. The largest absolute Gasteiger partial charge is 0.161 e. The lowest BCUT2D eigenvalue weighted by Crippen LogP contribution is -1.83. The van der Waals surface area contributed by atoms with Gasteiger partial charge in [0, 0.05) is 11.5 Å². The fourth-order valence-electron chi connectivity index (χ4n) is 1.14. The maximum Gasteiger partial charge on any atom is 0.0181 e. The van der Waals surface area contributed by atoms with E-state index in [9.17, 15) is 0 Å². The lowest BCUT2D eigenvalue weighted by atomic mass is 10.2. The second-order valence-corrected chi connectivity index (χ2v) is 4.42. The molecule has 0 saturated carbocycles. The van der Waals surface area contributed by atoms with E-state index in [1.807, 2.05) is 23.5 Å². The van der Waals surface area contributed by atoms with E-state index in [-0.39, 0.29) is 0 Å². The van der Waals surface area contributed by atoms with Crippen LogP contribution in [0, 0.1) is 0 Å². The zero-order valence-corrected chi connectivity index (χ0v) is 9.17. The second kappa shape index (κ2) is 5.55. The first-order valence-electron chi connectivity index (χ1n) is 3.92. The second-order valence-electron chi connectivity index (χ2n) is 2.69. The summed E-state index contributed by atoms with van der Waals surface area (Å²) in [6.07, 6.45) is 4.28. The van der Waals surface area contributed by atoms with E-state index in [1.165, 1.54) is 11.1 Å². The summed E-state index contributed by atoms with van der Waals surface area (Å²) < 4.78 is 0. The maximum absolute atomic E-state index is 2.30. The normalized spacial score (nSPS) is 10.2. The van der Waals surface area contributed by atoms with Crippen LogP contribution in [0.5, 0.6) is 0 Å². The summed E-state index contributed by atoms with van der Waals surface area (Å²) in [6, 6.07) is 8.84. The van der Waals surface area contributed by atoms with Gasteiger partial charge in [-0.3, -0.25) is 0 Å². The number of hydrogen-bond acceptors (Lipinski definition) is 2. The summed E-state index contributed by atoms with van der Waals surface area (Å²) in [5, 5.41) is 0. The van der Waals surface area contributed by atoms with Crippen LogP contribution in [0.2, 0.25) is 0 Å². The number of hydrogen-bond donors (Lipinski definition) is 0. The summed E-state index contributed by atoms with van der Waals surface area (Å²) in [4.78, 5) is 0. The van der Waals surface area contributed by atoms with E-state index in [4.69, 9.17) is 0 Å². The molecule has 0 unspecified atom stereocenters. The van der Waals surface area contributed by atoms with Gasteiger partial charge in [-0.05, 0) is 23.6 Å². The first-order chi connectivity index (χ1) is 5.86. The quantitative estimate of drug-likeness (QED) is 0.727. The van der Waals surface area contributed by atoms with Crippen molar-refractivity contribution < 1.29 is 0 Å². The van der Waals surface area contributed by atoms with Crippen LogP contribution in [0.1, 0.15) is 11.1 Å². The number of thioether (sulfide) groups is 2. The van der Waals surface area contributed by atoms with Crippen molar-refractivity contribution in [3.63, 3.8) is 0 Å². The molecule has 1 rings (SSSR count). The molecule has 12 heavy (non-hydrogen) atoms. The molecule has 0 spiro atoms. The Morgan fingerprint density at radius 3 is 1.92 bits per heavy atom. The molecule has 0 bridgehead atoms. The highest BCUT2D eigenvalue weighted by atomic mass is 32.2. The molecule has 0 N–H and O–H groups in total. The average Bonchev–Trinajstić information content (AvgIpc) is 2.06. The van der Waals surface area contributed by atoms with Gasteiger partial charge in [-0.25, -0.2) is 0 Å². The summed E-state index contributed by atoms with van der Waals surface area (Å²) in [5.74, 6) is 2.25. The molecule has 0 atom stereocenters. The molecule has 1 aromatic rings. The molecule has 1 aromatic carbocycles. The van der Waals surface area contributed by atoms with E-state index >= 15 is 0 Å². The molecule has 0 saturated heterocycles. The highest BCUT2D eigenvalue weighted by Gasteiger charge is 1.93. The summed E-state index contributed by atoms with van der Waals surface area (Å²) >= 11 is 3.75. The van der Waals surface area contributed by atoms with Crippen LogP contribution in [0.4, 0.5) is 0 Å². The third-order valence-corrected chi connectivity index (χ3v) is 2.86. The third-order valence-electron chi connectivity index (χ3n) is 1.61.